The van der Waals surface area contributed by atoms with E-state index in [0.29, 0.717) is 12.8 Å². The van der Waals surface area contributed by atoms with Crippen LogP contribution in [-0.4, -0.2) is 111 Å². The normalized spacial score (nSPS) is 38.6. The molecule has 0 spiro atoms. The maximum Gasteiger partial charge on any atom is 0.312 e. The number of ether oxygens (including phenoxy) is 5. The molecule has 0 aromatic heterocycles. The van der Waals surface area contributed by atoms with Gasteiger partial charge >= 0.3 is 11.8 Å². The van der Waals surface area contributed by atoms with Crippen LogP contribution in [0.2, 0.25) is 0 Å². The summed E-state index contributed by atoms with van der Waals surface area (Å²) in [7, 11) is 1.42. The van der Waals surface area contributed by atoms with Crippen molar-refractivity contribution in [3.63, 3.8) is 0 Å². The van der Waals surface area contributed by atoms with Crippen LogP contribution >= 0.6 is 0 Å². The lowest BCUT2D eigenvalue weighted by Crippen LogP contribution is -2.46. The minimum Gasteiger partial charge on any atom is -0.507 e. The number of phenols is 1. The first-order valence-electron chi connectivity index (χ1n) is 20.0. The number of nitrogens with zero attached hydrogens (tertiary/aromatic N) is 1. The Morgan fingerprint density at radius 1 is 0.949 bits per heavy atom. The van der Waals surface area contributed by atoms with Crippen molar-refractivity contribution in [3.8, 4) is 11.5 Å². The van der Waals surface area contributed by atoms with E-state index in [1.165, 1.54) is 53.2 Å². The highest BCUT2D eigenvalue weighted by Gasteiger charge is 2.52. The smallest absolute Gasteiger partial charge is 0.312 e. The van der Waals surface area contributed by atoms with Crippen molar-refractivity contribution < 1.29 is 68.1 Å². The summed E-state index contributed by atoms with van der Waals surface area (Å²) in [5.41, 5.74) is -0.683. The summed E-state index contributed by atoms with van der Waals surface area (Å²) in [6.07, 6.45) is 0.385. The molecule has 5 N–H and O–H groups in total. The number of aromatic hydroxyl groups is 1. The average Bonchev–Trinajstić information content (AvgIpc) is 3.94. The number of ketones is 3. The molecule has 4 heterocycles. The fraction of sp³-hybridized carbons (Fsp3) is 0.581. The maximum atomic E-state index is 14.5. The first-order chi connectivity index (χ1) is 27.7. The van der Waals surface area contributed by atoms with E-state index in [0.717, 1.165) is 6.08 Å². The molecule has 1 saturated carbocycles. The van der Waals surface area contributed by atoms with Gasteiger partial charge in [0.25, 0.3) is 11.7 Å². The molecule has 16 heteroatoms. The van der Waals surface area contributed by atoms with Crippen molar-refractivity contribution in [1.29, 1.82) is 0 Å². The third kappa shape index (κ3) is 8.25. The number of nitrogens with one attached hydrogen (secondary N) is 1. The number of Topliss-reactive ketones (excluding diaryl/α,β-unsaturated/α-hetero) is 2. The van der Waals surface area contributed by atoms with Crippen molar-refractivity contribution in [2.75, 3.05) is 7.11 Å². The quantitative estimate of drug-likeness (QED) is 0.276. The Labute approximate surface area is 342 Å². The summed E-state index contributed by atoms with van der Waals surface area (Å²) >= 11 is 0. The molecule has 1 aromatic carbocycles. The molecule has 320 valence electrons. The van der Waals surface area contributed by atoms with Crippen LogP contribution in [0.4, 0.5) is 0 Å². The highest BCUT2D eigenvalue weighted by molar-refractivity contribution is 6.32. The minimum atomic E-state index is -2.03. The Morgan fingerprint density at radius 2 is 1.64 bits per heavy atom. The molecule has 16 nitrogen and oxygen atoms in total. The summed E-state index contributed by atoms with van der Waals surface area (Å²) in [5.74, 6) is -9.25. The second kappa shape index (κ2) is 16.7. The van der Waals surface area contributed by atoms with Crippen LogP contribution in [0.25, 0.3) is 0 Å². The molecule has 7 rings (SSSR count). The van der Waals surface area contributed by atoms with Crippen LogP contribution < -0.4 is 10.1 Å². The number of allylic oxidation sites excluding steroid dienone is 3. The number of fused-ring (bicyclic) bond motifs is 12. The Hall–Kier alpha value is -4.74. The number of carbonyl (C=O) groups is 5. The molecular weight excluding hydrogens is 768 g/mol. The zero-order valence-corrected chi connectivity index (χ0v) is 34.7. The predicted molar refractivity (Wildman–Crippen MR) is 209 cm³/mol. The van der Waals surface area contributed by atoms with Crippen LogP contribution in [0.15, 0.2) is 40.8 Å². The molecular formula is C43H54N2O14. The molecule has 2 aliphatic carbocycles. The highest BCUT2D eigenvalue weighted by Crippen LogP contribution is 2.49. The number of aliphatic hydroxyl groups excluding tert-OH is 3. The summed E-state index contributed by atoms with van der Waals surface area (Å²) in [5, 5.41) is 47.2. The van der Waals surface area contributed by atoms with Crippen LogP contribution in [0.5, 0.6) is 11.5 Å². The van der Waals surface area contributed by atoms with Crippen molar-refractivity contribution in [2.24, 2.45) is 34.6 Å². The van der Waals surface area contributed by atoms with Crippen LogP contribution in [0, 0.1) is 36.5 Å². The SMILES string of the molecule is CO[C@@H]1/C=C\O[C@@]2(C)Oc3c(C)c(O)c4c(c3C2=O)C(=N[C@@H]2CC[C@@H](O)O[C@@H]2C)C=C(NC(=O)/C(C)=C/C(=O)[C@@H]2C[C@H]2[C@@H](O)[C@H](C)[C@@H](O)[C@H](C)[C@H](OC(C)=O)[C@@H]1C)C4=O. The summed E-state index contributed by atoms with van der Waals surface area (Å²) in [4.78, 5) is 73.1. The predicted octanol–water partition coefficient (Wildman–Crippen LogP) is 3.14. The number of rotatable bonds is 3. The molecule has 59 heavy (non-hydrogen) atoms. The third-order valence-corrected chi connectivity index (χ3v) is 12.4. The average molecular weight is 823 g/mol. The van der Waals surface area contributed by atoms with Crippen LogP contribution in [-0.2, 0) is 33.3 Å². The first kappa shape index (κ1) is 43.8. The van der Waals surface area contributed by atoms with Gasteiger partial charge in [-0.2, -0.15) is 0 Å². The number of amides is 1. The summed E-state index contributed by atoms with van der Waals surface area (Å²) < 4.78 is 29.3. The Bertz CT molecular complexity index is 2050. The van der Waals surface area contributed by atoms with Crippen molar-refractivity contribution in [2.45, 2.75) is 123 Å². The molecule has 5 bridgehead atoms. The van der Waals surface area contributed by atoms with Gasteiger partial charge in [0.15, 0.2) is 12.1 Å². The fourth-order valence-corrected chi connectivity index (χ4v) is 8.69. The molecule has 2 fully saturated rings. The van der Waals surface area contributed by atoms with Gasteiger partial charge < -0.3 is 49.4 Å². The molecule has 0 radical (unpaired) electrons. The lowest BCUT2D eigenvalue weighted by Gasteiger charge is -2.37. The Morgan fingerprint density at radius 3 is 2.29 bits per heavy atom. The van der Waals surface area contributed by atoms with Gasteiger partial charge in [-0.1, -0.05) is 20.8 Å². The van der Waals surface area contributed by atoms with E-state index in [9.17, 15) is 44.4 Å². The summed E-state index contributed by atoms with van der Waals surface area (Å²) in [6, 6.07) is -0.576. The highest BCUT2D eigenvalue weighted by atomic mass is 16.7. The lowest BCUT2D eigenvalue weighted by atomic mass is 9.79. The van der Waals surface area contributed by atoms with Gasteiger partial charge in [0.05, 0.1) is 59.3 Å². The number of benzene rings is 1. The standard InChI is InChI=1S/C43H54N2O14/c1-17-14-29(47)24-15-25(24)36(50)19(3)35(49)20(4)39(58-23(7)46)18(2)30(55-9)12-13-56-43(8)41(53)34-32-27(44-26-10-11-31(48)57-22(26)6)16-28(45-42(17)54)38(52)33(32)37(51)21(5)40(34)59-43/h12-14,16,18-20,22,24-26,30-31,35-36,39,48-51H,10-11,15H2,1-9H3,(H,45,54)/b13-12-,17-14+,44-27?/t18-,19-,20+,22-,24-,25-,26-,30-,31+,35-,36+,39-,43+/m1/s1. The molecule has 1 amide bonds. The zero-order valence-electron chi connectivity index (χ0n) is 34.7. The number of esters is 1. The van der Waals surface area contributed by atoms with Gasteiger partial charge in [-0.25, -0.2) is 0 Å². The van der Waals surface area contributed by atoms with E-state index >= 15 is 0 Å². The molecule has 4 aliphatic heterocycles. The fourth-order valence-electron chi connectivity index (χ4n) is 8.69. The Balaban J connectivity index is 1.48. The third-order valence-electron chi connectivity index (χ3n) is 12.4. The largest absolute Gasteiger partial charge is 0.507 e. The van der Waals surface area contributed by atoms with E-state index in [1.807, 2.05) is 0 Å². The number of hydrogen-bond acceptors (Lipinski definition) is 15. The summed E-state index contributed by atoms with van der Waals surface area (Å²) in [6.45, 7) is 12.2. The van der Waals surface area contributed by atoms with E-state index in [2.05, 4.69) is 5.32 Å². The Kier molecular flexibility index (Phi) is 12.4. The monoisotopic (exact) mass is 822 g/mol. The number of methoxy groups -OCH3 is 1. The van der Waals surface area contributed by atoms with E-state index in [-0.39, 0.29) is 51.4 Å². The molecule has 13 atom stereocenters. The zero-order chi connectivity index (χ0) is 43.4. The van der Waals surface area contributed by atoms with Gasteiger partial charge in [-0.15, -0.1) is 0 Å². The minimum absolute atomic E-state index is 0.0441. The molecule has 6 aliphatic rings. The van der Waals surface area contributed by atoms with Gasteiger partial charge in [0.2, 0.25) is 5.78 Å². The van der Waals surface area contributed by atoms with Crippen molar-refractivity contribution in [1.82, 2.24) is 5.32 Å². The number of phenolic OH excluding ortho intramolecular Hbond substituents is 1. The molecule has 1 aromatic rings. The maximum absolute atomic E-state index is 14.5. The van der Waals surface area contributed by atoms with E-state index < -0.39 is 113 Å². The second-order valence-electron chi connectivity index (χ2n) is 16.6. The van der Waals surface area contributed by atoms with E-state index in [1.54, 1.807) is 27.7 Å². The lowest BCUT2D eigenvalue weighted by molar-refractivity contribution is -0.162. The van der Waals surface area contributed by atoms with Crippen LogP contribution in [0.1, 0.15) is 99.6 Å². The number of carbonyl (C=O) groups excluding carboxylic acids is 5. The first-order valence-corrected chi connectivity index (χ1v) is 20.0. The van der Waals surface area contributed by atoms with Gasteiger partial charge in [0, 0.05) is 67.7 Å². The van der Waals surface area contributed by atoms with Crippen LogP contribution in [0.3, 0.4) is 0 Å². The topological polar surface area (TPSA) is 237 Å². The van der Waals surface area contributed by atoms with Gasteiger partial charge in [0.1, 0.15) is 17.6 Å². The number of aliphatic imine (C=N–C) groups is 1. The van der Waals surface area contributed by atoms with Crippen molar-refractivity contribution >= 4 is 34.9 Å². The number of hydrogen-bond donors (Lipinski definition) is 5. The van der Waals surface area contributed by atoms with E-state index in [4.69, 9.17) is 28.7 Å². The number of aliphatic hydroxyl groups is 3. The molecule has 0 unspecified atom stereocenters. The van der Waals surface area contributed by atoms with Crippen molar-refractivity contribution in [3.05, 3.63) is 58.0 Å². The molecule has 1 saturated heterocycles. The van der Waals surface area contributed by atoms with Gasteiger partial charge in [-0.05, 0) is 57.8 Å². The second-order valence-corrected chi connectivity index (χ2v) is 16.6. The van der Waals surface area contributed by atoms with Gasteiger partial charge in [-0.3, -0.25) is 29.0 Å².